The van der Waals surface area contributed by atoms with Gasteiger partial charge in [-0.15, -0.1) is 0 Å². The molecular formula is C17H17FN2O3. The monoisotopic (exact) mass is 316 g/mol. The van der Waals surface area contributed by atoms with Crippen LogP contribution in [0.15, 0.2) is 48.5 Å². The zero-order valence-electron chi connectivity index (χ0n) is 12.6. The van der Waals surface area contributed by atoms with Gasteiger partial charge in [0, 0.05) is 12.1 Å². The summed E-state index contributed by atoms with van der Waals surface area (Å²) in [5, 5.41) is 4.86. The molecule has 0 aliphatic rings. The van der Waals surface area contributed by atoms with Gasteiger partial charge in [-0.25, -0.2) is 4.39 Å². The summed E-state index contributed by atoms with van der Waals surface area (Å²) in [7, 11) is 0. The van der Waals surface area contributed by atoms with Crippen molar-refractivity contribution in [2.45, 2.75) is 13.5 Å². The second-order valence-electron chi connectivity index (χ2n) is 4.66. The summed E-state index contributed by atoms with van der Waals surface area (Å²) in [5.74, 6) is -1.65. The Labute approximate surface area is 133 Å². The minimum Gasteiger partial charge on any atom is -0.492 e. The third-order valence-corrected chi connectivity index (χ3v) is 3.04. The average Bonchev–Trinajstić information content (AvgIpc) is 2.56. The Balaban J connectivity index is 1.96. The summed E-state index contributed by atoms with van der Waals surface area (Å²) in [6.07, 6.45) is 0. The lowest BCUT2D eigenvalue weighted by atomic mass is 10.2. The van der Waals surface area contributed by atoms with Crippen LogP contribution in [0.4, 0.5) is 10.1 Å². The lowest BCUT2D eigenvalue weighted by molar-refractivity contribution is -0.136. The van der Waals surface area contributed by atoms with Crippen LogP contribution in [0.3, 0.4) is 0 Å². The maximum atomic E-state index is 13.5. The average molecular weight is 316 g/mol. The number of halogens is 1. The van der Waals surface area contributed by atoms with Gasteiger partial charge in [0.15, 0.2) is 0 Å². The van der Waals surface area contributed by atoms with Gasteiger partial charge in [0.1, 0.15) is 11.6 Å². The Bertz CT molecular complexity index is 704. The van der Waals surface area contributed by atoms with Crippen LogP contribution in [0, 0.1) is 5.82 Å². The number of rotatable bonds is 5. The molecule has 0 heterocycles. The van der Waals surface area contributed by atoms with E-state index in [1.165, 1.54) is 12.1 Å². The van der Waals surface area contributed by atoms with Gasteiger partial charge in [-0.3, -0.25) is 9.59 Å². The van der Waals surface area contributed by atoms with Crippen molar-refractivity contribution in [2.24, 2.45) is 0 Å². The highest BCUT2D eigenvalue weighted by Crippen LogP contribution is 2.23. The fraction of sp³-hybridized carbons (Fsp3) is 0.176. The normalized spacial score (nSPS) is 10.0. The van der Waals surface area contributed by atoms with Crippen molar-refractivity contribution in [2.75, 3.05) is 11.9 Å². The van der Waals surface area contributed by atoms with Crippen molar-refractivity contribution in [3.8, 4) is 5.75 Å². The largest absolute Gasteiger partial charge is 0.492 e. The molecule has 0 saturated carbocycles. The second kappa shape index (κ2) is 7.93. The van der Waals surface area contributed by atoms with Crippen LogP contribution in [0.5, 0.6) is 5.75 Å². The van der Waals surface area contributed by atoms with Gasteiger partial charge >= 0.3 is 11.8 Å². The first-order valence-electron chi connectivity index (χ1n) is 7.16. The summed E-state index contributed by atoms with van der Waals surface area (Å²) < 4.78 is 18.8. The Kier molecular flexibility index (Phi) is 5.68. The number of ether oxygens (including phenoxy) is 1. The fourth-order valence-corrected chi connectivity index (χ4v) is 1.93. The van der Waals surface area contributed by atoms with Gasteiger partial charge in [0.2, 0.25) is 0 Å². The molecule has 0 radical (unpaired) electrons. The SMILES string of the molecule is CCOc1ccccc1NC(=O)C(=O)NCc1ccccc1F. The predicted octanol–water partition coefficient (Wildman–Crippen LogP) is 2.48. The molecule has 2 rings (SSSR count). The van der Waals surface area contributed by atoms with E-state index in [1.807, 2.05) is 6.92 Å². The third kappa shape index (κ3) is 4.54. The Morgan fingerprint density at radius 1 is 1.04 bits per heavy atom. The van der Waals surface area contributed by atoms with Crippen LogP contribution in [-0.4, -0.2) is 18.4 Å². The van der Waals surface area contributed by atoms with E-state index in [9.17, 15) is 14.0 Å². The molecule has 0 unspecified atom stereocenters. The number of hydrogen-bond donors (Lipinski definition) is 2. The van der Waals surface area contributed by atoms with Crippen molar-refractivity contribution in [3.05, 3.63) is 59.9 Å². The molecule has 0 bridgehead atoms. The summed E-state index contributed by atoms with van der Waals surface area (Å²) in [6.45, 7) is 2.19. The fourth-order valence-electron chi connectivity index (χ4n) is 1.93. The van der Waals surface area contributed by atoms with Gasteiger partial charge in [-0.2, -0.15) is 0 Å². The second-order valence-corrected chi connectivity index (χ2v) is 4.66. The topological polar surface area (TPSA) is 67.4 Å². The van der Waals surface area contributed by atoms with E-state index in [0.29, 0.717) is 23.6 Å². The first-order valence-corrected chi connectivity index (χ1v) is 7.16. The quantitative estimate of drug-likeness (QED) is 0.833. The molecule has 0 spiro atoms. The van der Waals surface area contributed by atoms with Crippen molar-refractivity contribution in [1.29, 1.82) is 0 Å². The first kappa shape index (κ1) is 16.5. The minimum atomic E-state index is -0.848. The molecule has 2 N–H and O–H groups in total. The molecule has 2 aromatic rings. The van der Waals surface area contributed by atoms with Crippen LogP contribution in [0.2, 0.25) is 0 Å². The maximum absolute atomic E-state index is 13.5. The van der Waals surface area contributed by atoms with Gasteiger partial charge in [-0.1, -0.05) is 30.3 Å². The molecule has 2 aromatic carbocycles. The summed E-state index contributed by atoms with van der Waals surface area (Å²) >= 11 is 0. The highest BCUT2D eigenvalue weighted by molar-refractivity contribution is 6.39. The van der Waals surface area contributed by atoms with E-state index in [-0.39, 0.29) is 6.54 Å². The number of anilines is 1. The molecule has 0 fully saturated rings. The summed E-state index contributed by atoms with van der Waals surface area (Å²) in [4.78, 5) is 23.7. The number of carbonyl (C=O) groups excluding carboxylic acids is 2. The van der Waals surface area contributed by atoms with Gasteiger partial charge in [0.25, 0.3) is 0 Å². The zero-order chi connectivity index (χ0) is 16.7. The molecule has 0 aromatic heterocycles. The molecule has 0 aliphatic heterocycles. The van der Waals surface area contributed by atoms with Crippen LogP contribution in [-0.2, 0) is 16.1 Å². The van der Waals surface area contributed by atoms with Crippen LogP contribution < -0.4 is 15.4 Å². The standard InChI is InChI=1S/C17H17FN2O3/c1-2-23-15-10-6-5-9-14(15)20-17(22)16(21)19-11-12-7-3-4-8-13(12)18/h3-10H,2,11H2,1H3,(H,19,21)(H,20,22). The number of nitrogens with one attached hydrogen (secondary N) is 2. The van der Waals surface area contributed by atoms with Crippen LogP contribution in [0.1, 0.15) is 12.5 Å². The Morgan fingerprint density at radius 2 is 1.74 bits per heavy atom. The number of hydrogen-bond acceptors (Lipinski definition) is 3. The highest BCUT2D eigenvalue weighted by atomic mass is 19.1. The number of benzene rings is 2. The summed E-state index contributed by atoms with van der Waals surface area (Å²) in [6, 6.07) is 12.8. The summed E-state index contributed by atoms with van der Waals surface area (Å²) in [5.41, 5.74) is 0.712. The first-order chi connectivity index (χ1) is 11.1. The van der Waals surface area contributed by atoms with Gasteiger partial charge in [-0.05, 0) is 25.1 Å². The van der Waals surface area contributed by atoms with E-state index in [1.54, 1.807) is 36.4 Å². The highest BCUT2D eigenvalue weighted by Gasteiger charge is 2.16. The molecule has 0 atom stereocenters. The molecule has 2 amide bonds. The number of carbonyl (C=O) groups is 2. The van der Waals surface area contributed by atoms with Gasteiger partial charge < -0.3 is 15.4 Å². The Hall–Kier alpha value is -2.89. The van der Waals surface area contributed by atoms with E-state index in [2.05, 4.69) is 10.6 Å². The molecule has 120 valence electrons. The number of amides is 2. The van der Waals surface area contributed by atoms with E-state index in [0.717, 1.165) is 0 Å². The molecule has 23 heavy (non-hydrogen) atoms. The molecule has 6 heteroatoms. The van der Waals surface area contributed by atoms with Crippen molar-refractivity contribution in [1.82, 2.24) is 5.32 Å². The molecule has 5 nitrogen and oxygen atoms in total. The minimum absolute atomic E-state index is 0.0635. The van der Waals surface area contributed by atoms with Gasteiger partial charge in [0.05, 0.1) is 12.3 Å². The van der Waals surface area contributed by atoms with Crippen LogP contribution >= 0.6 is 0 Å². The third-order valence-electron chi connectivity index (χ3n) is 3.04. The lowest BCUT2D eigenvalue weighted by Crippen LogP contribution is -2.35. The van der Waals surface area contributed by atoms with E-state index in [4.69, 9.17) is 4.74 Å². The molecule has 0 aliphatic carbocycles. The van der Waals surface area contributed by atoms with Crippen LogP contribution in [0.25, 0.3) is 0 Å². The smallest absolute Gasteiger partial charge is 0.313 e. The molecular weight excluding hydrogens is 299 g/mol. The molecule has 0 saturated heterocycles. The predicted molar refractivity (Wildman–Crippen MR) is 84.5 cm³/mol. The van der Waals surface area contributed by atoms with Crippen molar-refractivity contribution >= 4 is 17.5 Å². The zero-order valence-corrected chi connectivity index (χ0v) is 12.6. The van der Waals surface area contributed by atoms with E-state index < -0.39 is 17.6 Å². The van der Waals surface area contributed by atoms with Crippen molar-refractivity contribution < 1.29 is 18.7 Å². The Morgan fingerprint density at radius 3 is 2.48 bits per heavy atom. The van der Waals surface area contributed by atoms with Crippen molar-refractivity contribution in [3.63, 3.8) is 0 Å². The van der Waals surface area contributed by atoms with E-state index >= 15 is 0 Å². The number of para-hydroxylation sites is 2. The lowest BCUT2D eigenvalue weighted by Gasteiger charge is -2.11. The maximum Gasteiger partial charge on any atom is 0.313 e.